The Hall–Kier alpha value is -2.80. The number of amides is 2. The van der Waals surface area contributed by atoms with Gasteiger partial charge in [0.05, 0.1) is 11.4 Å². The lowest BCUT2D eigenvalue weighted by Crippen LogP contribution is -2.27. The van der Waals surface area contributed by atoms with Crippen LogP contribution in [0.15, 0.2) is 71.6 Å². The number of carbonyl (C=O) groups is 2. The molecule has 0 bridgehead atoms. The van der Waals surface area contributed by atoms with Crippen LogP contribution in [-0.4, -0.2) is 16.0 Å². The van der Waals surface area contributed by atoms with E-state index < -0.39 is 17.0 Å². The average Bonchev–Trinajstić information content (AvgIpc) is 3.03. The van der Waals surface area contributed by atoms with E-state index in [0.717, 1.165) is 28.3 Å². The molecule has 0 aliphatic carbocycles. The summed E-state index contributed by atoms with van der Waals surface area (Å²) >= 11 is 13.1. The lowest BCUT2D eigenvalue weighted by atomic mass is 10.1. The van der Waals surface area contributed by atoms with Crippen LogP contribution < -0.4 is 4.74 Å². The van der Waals surface area contributed by atoms with Crippen molar-refractivity contribution < 1.29 is 18.7 Å². The Balaban J connectivity index is 1.53. The van der Waals surface area contributed by atoms with Gasteiger partial charge in [0.1, 0.15) is 18.2 Å². The summed E-state index contributed by atoms with van der Waals surface area (Å²) in [6.07, 6.45) is 1.62. The first-order valence-corrected chi connectivity index (χ1v) is 11.1. The minimum atomic E-state index is -0.485. The Morgan fingerprint density at radius 1 is 0.938 bits per heavy atom. The molecule has 0 aromatic heterocycles. The monoisotopic (exact) mass is 487 g/mol. The Labute approximate surface area is 198 Å². The smallest absolute Gasteiger partial charge is 0.293 e. The van der Waals surface area contributed by atoms with E-state index >= 15 is 0 Å². The number of hydrogen-bond acceptors (Lipinski definition) is 4. The highest BCUT2D eigenvalue weighted by molar-refractivity contribution is 8.18. The summed E-state index contributed by atoms with van der Waals surface area (Å²) in [6, 6.07) is 18.4. The molecule has 32 heavy (non-hydrogen) atoms. The zero-order chi connectivity index (χ0) is 22.7. The number of benzene rings is 3. The lowest BCUT2D eigenvalue weighted by Gasteiger charge is -2.13. The summed E-state index contributed by atoms with van der Waals surface area (Å²) in [5.41, 5.74) is 1.98. The van der Waals surface area contributed by atoms with Crippen molar-refractivity contribution in [3.8, 4) is 5.75 Å². The molecule has 0 spiro atoms. The molecule has 162 valence electrons. The number of rotatable bonds is 6. The van der Waals surface area contributed by atoms with Gasteiger partial charge in [-0.15, -0.1) is 0 Å². The average molecular weight is 488 g/mol. The van der Waals surface area contributed by atoms with Crippen LogP contribution in [0.1, 0.15) is 16.7 Å². The van der Waals surface area contributed by atoms with Crippen molar-refractivity contribution in [2.45, 2.75) is 13.2 Å². The van der Waals surface area contributed by atoms with Gasteiger partial charge in [-0.05, 0) is 47.7 Å². The topological polar surface area (TPSA) is 46.6 Å². The summed E-state index contributed by atoms with van der Waals surface area (Å²) in [6.45, 7) is 0.223. The van der Waals surface area contributed by atoms with Crippen molar-refractivity contribution in [3.63, 3.8) is 0 Å². The van der Waals surface area contributed by atoms with Crippen LogP contribution in [0.2, 0.25) is 10.0 Å². The van der Waals surface area contributed by atoms with Gasteiger partial charge >= 0.3 is 0 Å². The van der Waals surface area contributed by atoms with Gasteiger partial charge in [-0.1, -0.05) is 65.7 Å². The second-order valence-corrected chi connectivity index (χ2v) is 8.73. The van der Waals surface area contributed by atoms with Gasteiger partial charge in [0.25, 0.3) is 11.1 Å². The van der Waals surface area contributed by atoms with Crippen molar-refractivity contribution >= 4 is 52.2 Å². The molecule has 0 saturated carbocycles. The first-order valence-electron chi connectivity index (χ1n) is 9.57. The molecular formula is C24H16Cl2FNO3S. The second kappa shape index (κ2) is 9.77. The molecule has 3 aromatic rings. The number of hydrogen-bond donors (Lipinski definition) is 0. The maximum absolute atomic E-state index is 13.3. The highest BCUT2D eigenvalue weighted by Crippen LogP contribution is 2.35. The molecule has 0 radical (unpaired) electrons. The van der Waals surface area contributed by atoms with Gasteiger partial charge in [0.2, 0.25) is 0 Å². The lowest BCUT2D eigenvalue weighted by molar-refractivity contribution is -0.123. The summed E-state index contributed by atoms with van der Waals surface area (Å²) in [5.74, 6) is -0.372. The molecule has 1 saturated heterocycles. The maximum Gasteiger partial charge on any atom is 0.293 e. The second-order valence-electron chi connectivity index (χ2n) is 6.92. The molecular weight excluding hydrogens is 472 g/mol. The molecule has 1 aliphatic heterocycles. The van der Waals surface area contributed by atoms with Crippen molar-refractivity contribution in [1.82, 2.24) is 4.90 Å². The molecule has 0 N–H and O–H groups in total. The molecule has 4 nitrogen and oxygen atoms in total. The summed E-state index contributed by atoms with van der Waals surface area (Å²) in [7, 11) is 0. The number of halogens is 3. The molecule has 3 aromatic carbocycles. The van der Waals surface area contributed by atoms with Crippen LogP contribution in [0.5, 0.6) is 5.75 Å². The van der Waals surface area contributed by atoms with Crippen molar-refractivity contribution in [2.75, 3.05) is 0 Å². The third-order valence-electron chi connectivity index (χ3n) is 4.76. The Morgan fingerprint density at radius 2 is 1.69 bits per heavy atom. The predicted octanol–water partition coefficient (Wildman–Crippen LogP) is 6.95. The zero-order valence-electron chi connectivity index (χ0n) is 16.6. The van der Waals surface area contributed by atoms with Gasteiger partial charge in [-0.2, -0.15) is 0 Å². The normalized spacial score (nSPS) is 15.0. The Morgan fingerprint density at radius 3 is 2.47 bits per heavy atom. The van der Waals surface area contributed by atoms with Gasteiger partial charge in [-0.25, -0.2) is 4.39 Å². The Kier molecular flexibility index (Phi) is 6.84. The minimum absolute atomic E-state index is 0.0359. The van der Waals surface area contributed by atoms with Crippen molar-refractivity contribution in [2.24, 2.45) is 0 Å². The number of carbonyl (C=O) groups excluding carboxylic acids is 2. The summed E-state index contributed by atoms with van der Waals surface area (Å²) in [5, 5.41) is 0.341. The van der Waals surface area contributed by atoms with Gasteiger partial charge in [0.15, 0.2) is 0 Å². The predicted molar refractivity (Wildman–Crippen MR) is 125 cm³/mol. The highest BCUT2D eigenvalue weighted by Gasteiger charge is 2.35. The number of thioether (sulfide) groups is 1. The molecule has 4 rings (SSSR count). The fourth-order valence-electron chi connectivity index (χ4n) is 3.10. The Bertz CT molecular complexity index is 1230. The van der Waals surface area contributed by atoms with Gasteiger partial charge in [-0.3, -0.25) is 14.5 Å². The highest BCUT2D eigenvalue weighted by atomic mass is 35.5. The third-order valence-corrected chi connectivity index (χ3v) is 6.39. The fourth-order valence-corrected chi connectivity index (χ4v) is 4.35. The van der Waals surface area contributed by atoms with E-state index in [-0.39, 0.29) is 23.1 Å². The molecule has 1 fully saturated rings. The van der Waals surface area contributed by atoms with E-state index in [2.05, 4.69) is 0 Å². The molecule has 0 unspecified atom stereocenters. The van der Waals surface area contributed by atoms with Crippen LogP contribution in [0, 0.1) is 5.82 Å². The number of imide groups is 1. The third kappa shape index (κ3) is 4.99. The summed E-state index contributed by atoms with van der Waals surface area (Å²) < 4.78 is 19.2. The first kappa shape index (κ1) is 22.4. The SMILES string of the molecule is O=C1S/C(=C\c2ccccc2OCc2ccccc2Cl)C(=O)N1Cc1ccc(F)cc1Cl. The zero-order valence-corrected chi connectivity index (χ0v) is 18.9. The van der Waals surface area contributed by atoms with E-state index in [0.29, 0.717) is 21.9 Å². The minimum Gasteiger partial charge on any atom is -0.488 e. The van der Waals surface area contributed by atoms with E-state index in [4.69, 9.17) is 27.9 Å². The summed E-state index contributed by atoms with van der Waals surface area (Å²) in [4.78, 5) is 26.7. The van der Waals surface area contributed by atoms with Crippen LogP contribution in [0.25, 0.3) is 6.08 Å². The van der Waals surface area contributed by atoms with Crippen LogP contribution in [-0.2, 0) is 17.9 Å². The van der Waals surface area contributed by atoms with E-state index in [1.165, 1.54) is 12.1 Å². The van der Waals surface area contributed by atoms with Gasteiger partial charge < -0.3 is 4.74 Å². The number of nitrogens with zero attached hydrogens (tertiary/aromatic N) is 1. The molecule has 0 atom stereocenters. The van der Waals surface area contributed by atoms with E-state index in [9.17, 15) is 14.0 Å². The molecule has 8 heteroatoms. The number of ether oxygens (including phenoxy) is 1. The van der Waals surface area contributed by atoms with Crippen LogP contribution in [0.3, 0.4) is 0 Å². The van der Waals surface area contributed by atoms with E-state index in [1.807, 2.05) is 30.3 Å². The number of para-hydroxylation sites is 1. The van der Waals surface area contributed by atoms with E-state index in [1.54, 1.807) is 24.3 Å². The van der Waals surface area contributed by atoms with Crippen LogP contribution in [0.4, 0.5) is 9.18 Å². The molecule has 1 heterocycles. The van der Waals surface area contributed by atoms with Crippen molar-refractivity contribution in [1.29, 1.82) is 0 Å². The maximum atomic E-state index is 13.3. The van der Waals surface area contributed by atoms with Crippen LogP contribution >= 0.6 is 35.0 Å². The van der Waals surface area contributed by atoms with Crippen molar-refractivity contribution in [3.05, 3.63) is 104 Å². The standard InChI is InChI=1S/C24H16Cl2FNO3S/c25-19-7-3-1-6-17(19)14-31-21-8-4-2-5-15(21)11-22-23(29)28(24(30)32-22)13-16-9-10-18(27)12-20(16)26/h1-12H,13-14H2/b22-11-. The molecule has 2 amide bonds. The first-order chi connectivity index (χ1) is 15.4. The largest absolute Gasteiger partial charge is 0.488 e. The quantitative estimate of drug-likeness (QED) is 0.353. The molecule has 1 aliphatic rings. The van der Waals surface area contributed by atoms with Gasteiger partial charge in [0, 0.05) is 21.2 Å². The fraction of sp³-hybridized carbons (Fsp3) is 0.0833.